The molecule has 0 saturated heterocycles. The fourth-order valence-electron chi connectivity index (χ4n) is 2.66. The van der Waals surface area contributed by atoms with Gasteiger partial charge in [-0.1, -0.05) is 19.3 Å². The summed E-state index contributed by atoms with van der Waals surface area (Å²) in [6.07, 6.45) is 7.69. The van der Waals surface area contributed by atoms with Crippen LogP contribution >= 0.6 is 0 Å². The summed E-state index contributed by atoms with van der Waals surface area (Å²) in [5.41, 5.74) is 6.16. The van der Waals surface area contributed by atoms with Crippen molar-refractivity contribution in [1.82, 2.24) is 14.7 Å². The number of rotatable bonds is 4. The quantitative estimate of drug-likeness (QED) is 0.872. The molecular weight excluding hydrogens is 228 g/mol. The SMILES string of the molecule is Cn1ccc(C(=O)N(CCN)C2CCCCC2)n1. The molecule has 0 aliphatic heterocycles. The van der Waals surface area contributed by atoms with Crippen molar-refractivity contribution < 1.29 is 4.79 Å². The average molecular weight is 250 g/mol. The number of aromatic nitrogens is 2. The van der Waals surface area contributed by atoms with Crippen LogP contribution in [0.3, 0.4) is 0 Å². The number of carbonyl (C=O) groups excluding carboxylic acids is 1. The molecule has 100 valence electrons. The second-order valence-electron chi connectivity index (χ2n) is 4.95. The highest BCUT2D eigenvalue weighted by Gasteiger charge is 2.26. The van der Waals surface area contributed by atoms with E-state index in [0.29, 0.717) is 24.8 Å². The third-order valence-corrected chi connectivity index (χ3v) is 3.58. The lowest BCUT2D eigenvalue weighted by atomic mass is 9.94. The van der Waals surface area contributed by atoms with Crippen LogP contribution in [0.4, 0.5) is 0 Å². The molecule has 1 aliphatic carbocycles. The maximum Gasteiger partial charge on any atom is 0.274 e. The first-order valence-electron chi connectivity index (χ1n) is 6.73. The maximum atomic E-state index is 12.4. The van der Waals surface area contributed by atoms with Gasteiger partial charge in [-0.05, 0) is 18.9 Å². The molecule has 0 aromatic carbocycles. The number of carbonyl (C=O) groups is 1. The minimum Gasteiger partial charge on any atom is -0.333 e. The molecule has 0 radical (unpaired) electrons. The minimum absolute atomic E-state index is 0.0213. The van der Waals surface area contributed by atoms with E-state index >= 15 is 0 Å². The molecule has 1 aromatic rings. The van der Waals surface area contributed by atoms with Crippen LogP contribution in [0.1, 0.15) is 42.6 Å². The van der Waals surface area contributed by atoms with Crippen LogP contribution in [-0.2, 0) is 7.05 Å². The number of amides is 1. The van der Waals surface area contributed by atoms with Crippen LogP contribution in [0, 0.1) is 0 Å². The standard InChI is InChI=1S/C13H22N4O/c1-16-9-7-12(15-16)13(18)17(10-8-14)11-5-3-2-4-6-11/h7,9,11H,2-6,8,10,14H2,1H3. The third kappa shape index (κ3) is 2.90. The summed E-state index contributed by atoms with van der Waals surface area (Å²) in [7, 11) is 1.82. The molecule has 1 aliphatic rings. The van der Waals surface area contributed by atoms with Gasteiger partial charge in [-0.25, -0.2) is 0 Å². The fourth-order valence-corrected chi connectivity index (χ4v) is 2.66. The highest BCUT2D eigenvalue weighted by molar-refractivity contribution is 5.92. The summed E-state index contributed by atoms with van der Waals surface area (Å²) in [6.45, 7) is 1.13. The fraction of sp³-hybridized carbons (Fsp3) is 0.692. The van der Waals surface area contributed by atoms with Crippen LogP contribution < -0.4 is 5.73 Å². The Morgan fingerprint density at radius 1 is 1.50 bits per heavy atom. The number of nitrogens with two attached hydrogens (primary N) is 1. The minimum atomic E-state index is 0.0213. The molecule has 18 heavy (non-hydrogen) atoms. The van der Waals surface area contributed by atoms with Crippen LogP contribution in [0.2, 0.25) is 0 Å². The second-order valence-corrected chi connectivity index (χ2v) is 4.95. The van der Waals surface area contributed by atoms with E-state index < -0.39 is 0 Å². The van der Waals surface area contributed by atoms with Crippen molar-refractivity contribution in [3.05, 3.63) is 18.0 Å². The van der Waals surface area contributed by atoms with Crippen molar-refractivity contribution in [3.63, 3.8) is 0 Å². The van der Waals surface area contributed by atoms with Crippen molar-refractivity contribution >= 4 is 5.91 Å². The van der Waals surface area contributed by atoms with E-state index in [2.05, 4.69) is 5.10 Å². The highest BCUT2D eigenvalue weighted by atomic mass is 16.2. The molecule has 2 N–H and O–H groups in total. The molecule has 1 amide bonds. The predicted octanol–water partition coefficient (Wildman–Crippen LogP) is 1.15. The van der Waals surface area contributed by atoms with Crippen molar-refractivity contribution in [3.8, 4) is 0 Å². The normalized spacial score (nSPS) is 16.8. The Morgan fingerprint density at radius 3 is 2.78 bits per heavy atom. The van der Waals surface area contributed by atoms with Crippen LogP contribution in [0.15, 0.2) is 12.3 Å². The van der Waals surface area contributed by atoms with Gasteiger partial charge in [0.15, 0.2) is 0 Å². The molecule has 1 aromatic heterocycles. The largest absolute Gasteiger partial charge is 0.333 e. The van der Waals surface area contributed by atoms with E-state index in [9.17, 15) is 4.79 Å². The van der Waals surface area contributed by atoms with Gasteiger partial charge in [0.2, 0.25) is 0 Å². The highest BCUT2D eigenvalue weighted by Crippen LogP contribution is 2.23. The molecule has 1 heterocycles. The summed E-state index contributed by atoms with van der Waals surface area (Å²) in [6, 6.07) is 2.12. The van der Waals surface area contributed by atoms with E-state index in [1.807, 2.05) is 11.9 Å². The second kappa shape index (κ2) is 6.00. The lowest BCUT2D eigenvalue weighted by Crippen LogP contribution is -2.44. The van der Waals surface area contributed by atoms with Crippen LogP contribution in [-0.4, -0.2) is 39.7 Å². The predicted molar refractivity (Wildman–Crippen MR) is 70.2 cm³/mol. The van der Waals surface area contributed by atoms with Gasteiger partial charge in [0.1, 0.15) is 5.69 Å². The molecule has 5 nitrogen and oxygen atoms in total. The first kappa shape index (κ1) is 13.1. The van der Waals surface area contributed by atoms with Crippen molar-refractivity contribution in [1.29, 1.82) is 0 Å². The Kier molecular flexibility index (Phi) is 4.36. The lowest BCUT2D eigenvalue weighted by Gasteiger charge is -2.33. The van der Waals surface area contributed by atoms with E-state index in [1.165, 1.54) is 19.3 Å². The summed E-state index contributed by atoms with van der Waals surface area (Å²) < 4.78 is 1.66. The van der Waals surface area contributed by atoms with Gasteiger partial charge in [-0.2, -0.15) is 5.10 Å². The van der Waals surface area contributed by atoms with Crippen molar-refractivity contribution in [2.45, 2.75) is 38.1 Å². The van der Waals surface area contributed by atoms with E-state index in [4.69, 9.17) is 5.73 Å². The molecule has 5 heteroatoms. The summed E-state index contributed by atoms with van der Waals surface area (Å²) in [5.74, 6) is 0.0213. The number of nitrogens with zero attached hydrogens (tertiary/aromatic N) is 3. The number of hydrogen-bond donors (Lipinski definition) is 1. The van der Waals surface area contributed by atoms with Gasteiger partial charge >= 0.3 is 0 Å². The molecule has 0 unspecified atom stereocenters. The monoisotopic (exact) mass is 250 g/mol. The molecule has 1 fully saturated rings. The van der Waals surface area contributed by atoms with Gasteiger partial charge in [-0.3, -0.25) is 9.48 Å². The zero-order valence-electron chi connectivity index (χ0n) is 11.0. The first-order chi connectivity index (χ1) is 8.72. The van der Waals surface area contributed by atoms with Crippen LogP contribution in [0.25, 0.3) is 0 Å². The Balaban J connectivity index is 2.10. The number of aryl methyl sites for hydroxylation is 1. The van der Waals surface area contributed by atoms with E-state index in [0.717, 1.165) is 12.8 Å². The number of hydrogen-bond acceptors (Lipinski definition) is 3. The Morgan fingerprint density at radius 2 is 2.22 bits per heavy atom. The first-order valence-corrected chi connectivity index (χ1v) is 6.73. The topological polar surface area (TPSA) is 64.2 Å². The maximum absolute atomic E-state index is 12.4. The summed E-state index contributed by atoms with van der Waals surface area (Å²) in [4.78, 5) is 14.4. The van der Waals surface area contributed by atoms with Gasteiger partial charge in [0, 0.05) is 32.4 Å². The van der Waals surface area contributed by atoms with Gasteiger partial charge < -0.3 is 10.6 Å². The lowest BCUT2D eigenvalue weighted by molar-refractivity contribution is 0.0635. The van der Waals surface area contributed by atoms with E-state index in [1.54, 1.807) is 16.9 Å². The van der Waals surface area contributed by atoms with Crippen molar-refractivity contribution in [2.75, 3.05) is 13.1 Å². The zero-order valence-corrected chi connectivity index (χ0v) is 11.0. The van der Waals surface area contributed by atoms with E-state index in [-0.39, 0.29) is 5.91 Å². The van der Waals surface area contributed by atoms with Gasteiger partial charge in [0.05, 0.1) is 0 Å². The van der Waals surface area contributed by atoms with Crippen molar-refractivity contribution in [2.24, 2.45) is 12.8 Å². The average Bonchev–Trinajstić information content (AvgIpc) is 2.83. The Bertz CT molecular complexity index is 395. The summed E-state index contributed by atoms with van der Waals surface area (Å²) >= 11 is 0. The van der Waals surface area contributed by atoms with Gasteiger partial charge in [0.25, 0.3) is 5.91 Å². The van der Waals surface area contributed by atoms with Gasteiger partial charge in [-0.15, -0.1) is 0 Å². The smallest absolute Gasteiger partial charge is 0.274 e. The molecule has 0 bridgehead atoms. The third-order valence-electron chi connectivity index (χ3n) is 3.58. The van der Waals surface area contributed by atoms with Crippen LogP contribution in [0.5, 0.6) is 0 Å². The molecule has 0 atom stereocenters. The zero-order chi connectivity index (χ0) is 13.0. The molecule has 1 saturated carbocycles. The molecule has 0 spiro atoms. The molecular formula is C13H22N4O. The molecule has 2 rings (SSSR count). The summed E-state index contributed by atoms with van der Waals surface area (Å²) in [5, 5.41) is 4.19. The Labute approximate surface area is 108 Å². The Hall–Kier alpha value is -1.36.